The van der Waals surface area contributed by atoms with Crippen LogP contribution in [0.1, 0.15) is 43.7 Å². The molecule has 0 aliphatic carbocycles. The molecule has 2 aromatic carbocycles. The van der Waals surface area contributed by atoms with E-state index in [0.717, 1.165) is 23.2 Å². The molecular formula is C23H24Cl2N2O2. The van der Waals surface area contributed by atoms with Crippen molar-refractivity contribution in [2.45, 2.75) is 38.0 Å². The first kappa shape index (κ1) is 20.2. The molecule has 2 aliphatic rings. The van der Waals surface area contributed by atoms with Gasteiger partial charge in [0.25, 0.3) is 0 Å². The third-order valence-corrected chi connectivity index (χ3v) is 6.74. The minimum Gasteiger partial charge on any atom is -0.355 e. The Morgan fingerprint density at radius 2 is 1.90 bits per heavy atom. The first-order valence-electron chi connectivity index (χ1n) is 9.96. The largest absolute Gasteiger partial charge is 0.355 e. The molecular weight excluding hydrogens is 407 g/mol. The second kappa shape index (κ2) is 7.66. The molecule has 1 spiro atoms. The Morgan fingerprint density at radius 1 is 1.14 bits per heavy atom. The Hall–Kier alpha value is -2.04. The number of amides is 2. The summed E-state index contributed by atoms with van der Waals surface area (Å²) in [5.74, 6) is -0.268. The van der Waals surface area contributed by atoms with Gasteiger partial charge < -0.3 is 10.6 Å². The minimum atomic E-state index is -0.943. The molecule has 2 N–H and O–H groups in total. The van der Waals surface area contributed by atoms with Crippen LogP contribution in [0.5, 0.6) is 0 Å². The van der Waals surface area contributed by atoms with Crippen molar-refractivity contribution in [3.63, 3.8) is 0 Å². The van der Waals surface area contributed by atoms with Crippen molar-refractivity contribution in [3.05, 3.63) is 63.6 Å². The zero-order chi connectivity index (χ0) is 20.8. The molecule has 29 heavy (non-hydrogen) atoms. The van der Waals surface area contributed by atoms with E-state index < -0.39 is 5.41 Å². The summed E-state index contributed by atoms with van der Waals surface area (Å²) in [4.78, 5) is 26.4. The summed E-state index contributed by atoms with van der Waals surface area (Å²) in [7, 11) is 0. The molecule has 6 heteroatoms. The van der Waals surface area contributed by atoms with Gasteiger partial charge in [-0.05, 0) is 48.1 Å². The van der Waals surface area contributed by atoms with Gasteiger partial charge in [-0.15, -0.1) is 0 Å². The van der Waals surface area contributed by atoms with Crippen molar-refractivity contribution in [2.75, 3.05) is 11.9 Å². The minimum absolute atomic E-state index is 0.0344. The lowest BCUT2D eigenvalue weighted by atomic mass is 9.59. The molecule has 0 unspecified atom stereocenters. The van der Waals surface area contributed by atoms with Gasteiger partial charge in [0, 0.05) is 40.2 Å². The van der Waals surface area contributed by atoms with Crippen LogP contribution in [0.2, 0.25) is 10.0 Å². The first-order chi connectivity index (χ1) is 13.8. The summed E-state index contributed by atoms with van der Waals surface area (Å²) < 4.78 is 0. The molecule has 0 radical (unpaired) electrons. The predicted molar refractivity (Wildman–Crippen MR) is 117 cm³/mol. The van der Waals surface area contributed by atoms with Crippen molar-refractivity contribution in [1.82, 2.24) is 5.32 Å². The fourth-order valence-corrected chi connectivity index (χ4v) is 5.70. The van der Waals surface area contributed by atoms with Crippen LogP contribution in [0.15, 0.2) is 42.5 Å². The van der Waals surface area contributed by atoms with E-state index in [1.165, 1.54) is 0 Å². The second-order valence-electron chi connectivity index (χ2n) is 8.43. The Kier molecular flexibility index (Phi) is 5.34. The van der Waals surface area contributed by atoms with Crippen molar-refractivity contribution < 1.29 is 9.59 Å². The van der Waals surface area contributed by atoms with E-state index in [4.69, 9.17) is 23.2 Å². The maximum Gasteiger partial charge on any atom is 0.236 e. The quantitative estimate of drug-likeness (QED) is 0.706. The van der Waals surface area contributed by atoms with Gasteiger partial charge in [-0.1, -0.05) is 55.2 Å². The van der Waals surface area contributed by atoms with Crippen LogP contribution in [0.3, 0.4) is 0 Å². The Morgan fingerprint density at radius 3 is 2.62 bits per heavy atom. The lowest BCUT2D eigenvalue weighted by Gasteiger charge is -2.41. The summed E-state index contributed by atoms with van der Waals surface area (Å²) in [6, 6.07) is 13.1. The number of halogens is 2. The molecule has 2 aliphatic heterocycles. The van der Waals surface area contributed by atoms with Crippen molar-refractivity contribution >= 4 is 40.7 Å². The van der Waals surface area contributed by atoms with Crippen LogP contribution < -0.4 is 10.6 Å². The number of nitrogens with one attached hydrogen (secondary N) is 2. The number of hydrogen-bond donors (Lipinski definition) is 2. The lowest BCUT2D eigenvalue weighted by molar-refractivity contribution is -0.125. The summed E-state index contributed by atoms with van der Waals surface area (Å²) >= 11 is 13.0. The fourth-order valence-electron chi connectivity index (χ4n) is 5.17. The van der Waals surface area contributed by atoms with Crippen molar-refractivity contribution in [1.29, 1.82) is 0 Å². The van der Waals surface area contributed by atoms with Gasteiger partial charge >= 0.3 is 0 Å². The molecule has 0 aromatic heterocycles. The zero-order valence-electron chi connectivity index (χ0n) is 16.5. The Labute approximate surface area is 181 Å². The molecule has 2 amide bonds. The summed E-state index contributed by atoms with van der Waals surface area (Å²) in [6.45, 7) is 4.59. The highest BCUT2D eigenvalue weighted by molar-refractivity contribution is 6.33. The number of anilines is 1. The van der Waals surface area contributed by atoms with Gasteiger partial charge in [-0.3, -0.25) is 9.59 Å². The summed E-state index contributed by atoms with van der Waals surface area (Å²) in [5.41, 5.74) is 1.52. The van der Waals surface area contributed by atoms with Gasteiger partial charge in [0.15, 0.2) is 0 Å². The summed E-state index contributed by atoms with van der Waals surface area (Å²) in [6.07, 6.45) is 1.02. The predicted octanol–water partition coefficient (Wildman–Crippen LogP) is 5.15. The van der Waals surface area contributed by atoms with Gasteiger partial charge in [-0.2, -0.15) is 0 Å². The monoisotopic (exact) mass is 430 g/mol. The number of carbonyl (C=O) groups is 2. The van der Waals surface area contributed by atoms with Crippen LogP contribution in [-0.2, 0) is 15.0 Å². The van der Waals surface area contributed by atoms with E-state index in [-0.39, 0.29) is 30.1 Å². The highest BCUT2D eigenvalue weighted by Gasteiger charge is 2.59. The molecule has 4 nitrogen and oxygen atoms in total. The third kappa shape index (κ3) is 3.32. The molecule has 0 bridgehead atoms. The number of fused-ring (bicyclic) bond motifs is 2. The second-order valence-corrected chi connectivity index (χ2v) is 9.27. The summed E-state index contributed by atoms with van der Waals surface area (Å²) in [5, 5.41) is 7.25. The van der Waals surface area contributed by atoms with E-state index in [0.29, 0.717) is 22.5 Å². The highest BCUT2D eigenvalue weighted by Crippen LogP contribution is 2.57. The van der Waals surface area contributed by atoms with E-state index in [9.17, 15) is 9.59 Å². The molecule has 1 fully saturated rings. The average Bonchev–Trinajstić information content (AvgIpc) is 2.86. The molecule has 152 valence electrons. The van der Waals surface area contributed by atoms with E-state index >= 15 is 0 Å². The van der Waals surface area contributed by atoms with Crippen molar-refractivity contribution in [2.24, 2.45) is 11.8 Å². The molecule has 0 saturated carbocycles. The number of hydrogen-bond acceptors (Lipinski definition) is 2. The van der Waals surface area contributed by atoms with Crippen LogP contribution in [-0.4, -0.2) is 18.4 Å². The van der Waals surface area contributed by atoms with E-state index in [2.05, 4.69) is 24.5 Å². The average molecular weight is 431 g/mol. The first-order valence-corrected chi connectivity index (χ1v) is 10.7. The van der Waals surface area contributed by atoms with Crippen LogP contribution in [0.4, 0.5) is 5.69 Å². The van der Waals surface area contributed by atoms with Gasteiger partial charge in [0.1, 0.15) is 0 Å². The Balaban J connectivity index is 2.02. The zero-order valence-corrected chi connectivity index (χ0v) is 18.0. The SMILES string of the molecule is CC(C)C[C@@H]1CC(=O)NC[C@H](c2cccc(Cl)c2)[C@@]12C(=O)Nc1cccc(Cl)c12. The number of rotatable bonds is 3. The molecule has 4 rings (SSSR count). The lowest BCUT2D eigenvalue weighted by Crippen LogP contribution is -2.48. The normalized spacial score (nSPS) is 26.2. The molecule has 3 atom stereocenters. The molecule has 2 aromatic rings. The molecule has 2 heterocycles. The van der Waals surface area contributed by atoms with Crippen molar-refractivity contribution in [3.8, 4) is 0 Å². The van der Waals surface area contributed by atoms with E-state index in [1.54, 1.807) is 0 Å². The van der Waals surface area contributed by atoms with Crippen LogP contribution in [0.25, 0.3) is 0 Å². The van der Waals surface area contributed by atoms with Gasteiger partial charge in [0.05, 0.1) is 5.41 Å². The standard InChI is InChI=1S/C23H24Cl2N2O2/c1-13(2)9-15-11-20(28)26-12-17(14-5-3-6-16(24)10-14)23(15)21-18(25)7-4-8-19(21)27-22(23)29/h3-8,10,13,15,17H,9,11-12H2,1-2H3,(H,26,28)(H,27,29)/t15-,17-,23+/m1/s1. The number of carbonyl (C=O) groups excluding carboxylic acids is 2. The third-order valence-electron chi connectivity index (χ3n) is 6.19. The van der Waals surface area contributed by atoms with Crippen LogP contribution in [0, 0.1) is 11.8 Å². The Bertz CT molecular complexity index is 975. The topological polar surface area (TPSA) is 58.2 Å². The fraction of sp³-hybridized carbons (Fsp3) is 0.391. The smallest absolute Gasteiger partial charge is 0.236 e. The highest BCUT2D eigenvalue weighted by atomic mass is 35.5. The van der Waals surface area contributed by atoms with E-state index in [1.807, 2.05) is 42.5 Å². The number of benzene rings is 2. The maximum absolute atomic E-state index is 13.7. The van der Waals surface area contributed by atoms with Gasteiger partial charge in [-0.25, -0.2) is 0 Å². The maximum atomic E-state index is 13.7. The van der Waals surface area contributed by atoms with Gasteiger partial charge in [0.2, 0.25) is 11.8 Å². The van der Waals surface area contributed by atoms with Crippen LogP contribution >= 0.6 is 23.2 Å². The molecule has 1 saturated heterocycles.